The second kappa shape index (κ2) is 5.08. The van der Waals surface area contributed by atoms with Crippen LogP contribution in [0.1, 0.15) is 11.5 Å². The van der Waals surface area contributed by atoms with E-state index in [2.05, 4.69) is 20.3 Å². The number of nitrogens with one attached hydrogen (secondary N) is 1. The van der Waals surface area contributed by atoms with Crippen molar-refractivity contribution in [2.24, 2.45) is 0 Å². The molecule has 0 fully saturated rings. The number of aromatic nitrogens is 3. The van der Waals surface area contributed by atoms with E-state index in [-0.39, 0.29) is 12.3 Å². The van der Waals surface area contributed by atoms with Crippen molar-refractivity contribution in [3.63, 3.8) is 0 Å². The summed E-state index contributed by atoms with van der Waals surface area (Å²) in [5, 5.41) is 2.78. The van der Waals surface area contributed by atoms with E-state index in [1.54, 1.807) is 30.7 Å². The summed E-state index contributed by atoms with van der Waals surface area (Å²) >= 11 is 0. The Bertz CT molecular complexity index is 733. The summed E-state index contributed by atoms with van der Waals surface area (Å²) in [6.07, 6.45) is 4.98. The zero-order chi connectivity index (χ0) is 13.9. The highest BCUT2D eigenvalue weighted by atomic mass is 16.3. The lowest BCUT2D eigenvalue weighted by Gasteiger charge is -2.05. The molecule has 6 nitrogen and oxygen atoms in total. The molecule has 0 spiro atoms. The van der Waals surface area contributed by atoms with Crippen LogP contribution in [0, 0.1) is 6.92 Å². The van der Waals surface area contributed by atoms with E-state index in [1.807, 2.05) is 13.0 Å². The molecule has 1 N–H and O–H groups in total. The van der Waals surface area contributed by atoms with E-state index in [0.717, 1.165) is 5.56 Å². The van der Waals surface area contributed by atoms with Crippen LogP contribution in [0.25, 0.3) is 11.2 Å². The van der Waals surface area contributed by atoms with Gasteiger partial charge in [-0.05, 0) is 30.7 Å². The molecule has 3 heterocycles. The van der Waals surface area contributed by atoms with E-state index < -0.39 is 0 Å². The fraction of sp³-hybridized carbons (Fsp3) is 0.143. The fourth-order valence-electron chi connectivity index (χ4n) is 1.82. The van der Waals surface area contributed by atoms with Crippen LogP contribution in [0.5, 0.6) is 0 Å². The maximum Gasteiger partial charge on any atom is 0.233 e. The van der Waals surface area contributed by atoms with Crippen molar-refractivity contribution in [2.45, 2.75) is 13.3 Å². The summed E-state index contributed by atoms with van der Waals surface area (Å²) in [5.41, 5.74) is 2.72. The summed E-state index contributed by atoms with van der Waals surface area (Å²) in [6.45, 7) is 1.90. The first-order valence-corrected chi connectivity index (χ1v) is 6.13. The van der Waals surface area contributed by atoms with E-state index in [1.165, 1.54) is 0 Å². The second-order valence-corrected chi connectivity index (χ2v) is 4.35. The minimum atomic E-state index is -0.201. The molecule has 0 radical (unpaired) electrons. The monoisotopic (exact) mass is 268 g/mol. The number of oxazole rings is 1. The predicted octanol–water partition coefficient (Wildman–Crippen LogP) is 2.11. The first-order chi connectivity index (χ1) is 9.72. The Hall–Kier alpha value is -2.76. The number of aryl methyl sites for hydroxylation is 1. The van der Waals surface area contributed by atoms with Gasteiger partial charge in [0.15, 0.2) is 11.2 Å². The standard InChI is InChI=1S/C14H12N4O2/c1-9-4-6-15-8-10(9)17-12(19)7-13-18-14-11(20-13)3-2-5-16-14/h2-6,8H,7H2,1H3,(H,17,19). The van der Waals surface area contributed by atoms with E-state index in [0.29, 0.717) is 22.8 Å². The van der Waals surface area contributed by atoms with Crippen LogP contribution in [-0.2, 0) is 11.2 Å². The van der Waals surface area contributed by atoms with Crippen molar-refractivity contribution in [3.05, 3.63) is 48.2 Å². The topological polar surface area (TPSA) is 80.9 Å². The first kappa shape index (κ1) is 12.3. The molecule has 0 unspecified atom stereocenters. The molecule has 6 heteroatoms. The number of anilines is 1. The quantitative estimate of drug-likeness (QED) is 0.786. The van der Waals surface area contributed by atoms with Crippen molar-refractivity contribution in [2.75, 3.05) is 5.32 Å². The molecular weight excluding hydrogens is 256 g/mol. The Labute approximate surface area is 114 Å². The summed E-state index contributed by atoms with van der Waals surface area (Å²) in [6, 6.07) is 5.36. The SMILES string of the molecule is Cc1ccncc1NC(=O)Cc1nc2ncccc2o1. The Morgan fingerprint density at radius 3 is 3.05 bits per heavy atom. The van der Waals surface area contributed by atoms with Gasteiger partial charge in [0, 0.05) is 12.4 Å². The number of nitrogens with zero attached hydrogens (tertiary/aromatic N) is 3. The molecule has 0 bridgehead atoms. The van der Waals surface area contributed by atoms with Crippen LogP contribution in [-0.4, -0.2) is 20.9 Å². The highest BCUT2D eigenvalue weighted by molar-refractivity contribution is 5.92. The van der Waals surface area contributed by atoms with Crippen molar-refractivity contribution < 1.29 is 9.21 Å². The molecule has 3 aromatic rings. The third-order valence-corrected chi connectivity index (χ3v) is 2.83. The van der Waals surface area contributed by atoms with Gasteiger partial charge in [-0.1, -0.05) is 0 Å². The first-order valence-electron chi connectivity index (χ1n) is 6.13. The number of rotatable bonds is 3. The minimum Gasteiger partial charge on any atom is -0.438 e. The molecule has 1 amide bonds. The molecular formula is C14H12N4O2. The number of carbonyl (C=O) groups excluding carboxylic acids is 1. The molecule has 100 valence electrons. The van der Waals surface area contributed by atoms with E-state index in [4.69, 9.17) is 4.42 Å². The summed E-state index contributed by atoms with van der Waals surface area (Å²) < 4.78 is 5.46. The zero-order valence-corrected chi connectivity index (χ0v) is 10.8. The van der Waals surface area contributed by atoms with Gasteiger partial charge < -0.3 is 9.73 Å². The molecule has 0 aromatic carbocycles. The fourth-order valence-corrected chi connectivity index (χ4v) is 1.82. The number of hydrogen-bond donors (Lipinski definition) is 1. The lowest BCUT2D eigenvalue weighted by Crippen LogP contribution is -2.15. The summed E-state index contributed by atoms with van der Waals surface area (Å²) in [4.78, 5) is 24.2. The molecule has 0 aliphatic carbocycles. The number of fused-ring (bicyclic) bond motifs is 1. The van der Waals surface area contributed by atoms with Gasteiger partial charge in [0.05, 0.1) is 11.9 Å². The number of pyridine rings is 2. The largest absolute Gasteiger partial charge is 0.438 e. The maximum atomic E-state index is 12.0. The second-order valence-electron chi connectivity index (χ2n) is 4.35. The molecule has 0 saturated carbocycles. The molecule has 0 aliphatic rings. The van der Waals surface area contributed by atoms with E-state index >= 15 is 0 Å². The van der Waals surface area contributed by atoms with Gasteiger partial charge in [-0.15, -0.1) is 0 Å². The van der Waals surface area contributed by atoms with Crippen molar-refractivity contribution >= 4 is 22.8 Å². The molecule has 3 aromatic heterocycles. The number of amides is 1. The van der Waals surface area contributed by atoms with Crippen LogP contribution in [0.3, 0.4) is 0 Å². The van der Waals surface area contributed by atoms with Crippen molar-refractivity contribution in [3.8, 4) is 0 Å². The van der Waals surface area contributed by atoms with Crippen LogP contribution in [0.2, 0.25) is 0 Å². The average molecular weight is 268 g/mol. The maximum absolute atomic E-state index is 12.0. The third-order valence-electron chi connectivity index (χ3n) is 2.83. The average Bonchev–Trinajstić information content (AvgIpc) is 2.83. The third kappa shape index (κ3) is 2.49. The van der Waals surface area contributed by atoms with Crippen LogP contribution in [0.15, 0.2) is 41.2 Å². The Balaban J connectivity index is 1.74. The summed E-state index contributed by atoms with van der Waals surface area (Å²) in [7, 11) is 0. The van der Waals surface area contributed by atoms with Crippen LogP contribution in [0.4, 0.5) is 5.69 Å². The molecule has 0 saturated heterocycles. The summed E-state index contributed by atoms with van der Waals surface area (Å²) in [5.74, 6) is 0.144. The Morgan fingerprint density at radius 1 is 1.35 bits per heavy atom. The van der Waals surface area contributed by atoms with Gasteiger partial charge in [0.25, 0.3) is 0 Å². The van der Waals surface area contributed by atoms with Crippen LogP contribution >= 0.6 is 0 Å². The van der Waals surface area contributed by atoms with Gasteiger partial charge >= 0.3 is 0 Å². The highest BCUT2D eigenvalue weighted by Gasteiger charge is 2.12. The molecule has 3 rings (SSSR count). The van der Waals surface area contributed by atoms with Gasteiger partial charge in [0.2, 0.25) is 11.8 Å². The minimum absolute atomic E-state index is 0.0602. The molecule has 0 atom stereocenters. The normalized spacial score (nSPS) is 10.7. The lowest BCUT2D eigenvalue weighted by molar-refractivity contribution is -0.115. The van der Waals surface area contributed by atoms with E-state index in [9.17, 15) is 4.79 Å². The van der Waals surface area contributed by atoms with Gasteiger partial charge in [-0.3, -0.25) is 9.78 Å². The Morgan fingerprint density at radius 2 is 2.25 bits per heavy atom. The van der Waals surface area contributed by atoms with Gasteiger partial charge in [0.1, 0.15) is 6.42 Å². The van der Waals surface area contributed by atoms with Crippen LogP contribution < -0.4 is 5.32 Å². The highest BCUT2D eigenvalue weighted by Crippen LogP contribution is 2.14. The zero-order valence-electron chi connectivity index (χ0n) is 10.8. The van der Waals surface area contributed by atoms with Gasteiger partial charge in [-0.2, -0.15) is 4.98 Å². The lowest BCUT2D eigenvalue weighted by atomic mass is 10.2. The van der Waals surface area contributed by atoms with Crippen molar-refractivity contribution in [1.82, 2.24) is 15.0 Å². The number of carbonyl (C=O) groups is 1. The van der Waals surface area contributed by atoms with Crippen molar-refractivity contribution in [1.29, 1.82) is 0 Å². The smallest absolute Gasteiger partial charge is 0.233 e. The molecule has 20 heavy (non-hydrogen) atoms. The van der Waals surface area contributed by atoms with Gasteiger partial charge in [-0.25, -0.2) is 4.98 Å². The Kier molecular flexibility index (Phi) is 3.12. The predicted molar refractivity (Wildman–Crippen MR) is 73.1 cm³/mol. The number of hydrogen-bond acceptors (Lipinski definition) is 5. The molecule has 0 aliphatic heterocycles.